The van der Waals surface area contributed by atoms with Crippen LogP contribution in [0.3, 0.4) is 0 Å². The summed E-state index contributed by atoms with van der Waals surface area (Å²) in [6.07, 6.45) is 10.4. The fourth-order valence-electron chi connectivity index (χ4n) is 1.45. The van der Waals surface area contributed by atoms with Crippen LogP contribution in [0.25, 0.3) is 0 Å². The van der Waals surface area contributed by atoms with E-state index in [0.717, 1.165) is 30.8 Å². The van der Waals surface area contributed by atoms with Gasteiger partial charge in [0.1, 0.15) is 0 Å². The van der Waals surface area contributed by atoms with Crippen LogP contribution in [0.2, 0.25) is 0 Å². The van der Waals surface area contributed by atoms with Crippen LogP contribution in [-0.4, -0.2) is 16.5 Å². The van der Waals surface area contributed by atoms with Gasteiger partial charge in [0.25, 0.3) is 0 Å². The largest absolute Gasteiger partial charge is 0.309 e. The summed E-state index contributed by atoms with van der Waals surface area (Å²) in [7, 11) is 0. The Kier molecular flexibility index (Phi) is 4.79. The molecule has 3 nitrogen and oxygen atoms in total. The van der Waals surface area contributed by atoms with Crippen molar-refractivity contribution >= 4 is 0 Å². The molecule has 0 aliphatic heterocycles. The molecule has 80 valence electrons. The molecule has 1 unspecified atom stereocenters. The lowest BCUT2D eigenvalue weighted by molar-refractivity contribution is 0.546. The monoisotopic (exact) mass is 203 g/mol. The molecule has 0 amide bonds. The zero-order valence-corrected chi connectivity index (χ0v) is 9.33. The molecule has 15 heavy (non-hydrogen) atoms. The number of aryl methyl sites for hydroxylation is 1. The van der Waals surface area contributed by atoms with Gasteiger partial charge in [-0.25, -0.2) is 0 Å². The predicted molar refractivity (Wildman–Crippen MR) is 61.3 cm³/mol. The topological polar surface area (TPSA) is 37.8 Å². The van der Waals surface area contributed by atoms with Gasteiger partial charge in [0.15, 0.2) is 0 Å². The zero-order chi connectivity index (χ0) is 11.1. The van der Waals surface area contributed by atoms with E-state index in [9.17, 15) is 0 Å². The van der Waals surface area contributed by atoms with Crippen molar-refractivity contribution in [2.75, 3.05) is 6.54 Å². The summed E-state index contributed by atoms with van der Waals surface area (Å²) in [4.78, 5) is 8.52. The molecule has 0 spiro atoms. The van der Waals surface area contributed by atoms with Gasteiger partial charge in [-0.15, -0.1) is 12.3 Å². The Balaban J connectivity index is 2.44. The molecule has 0 fully saturated rings. The lowest BCUT2D eigenvalue weighted by atomic mass is 10.2. The van der Waals surface area contributed by atoms with Crippen molar-refractivity contribution in [1.29, 1.82) is 0 Å². The Morgan fingerprint density at radius 2 is 2.20 bits per heavy atom. The number of nitrogens with one attached hydrogen (secondary N) is 1. The summed E-state index contributed by atoms with van der Waals surface area (Å²) in [5, 5.41) is 3.38. The molecule has 0 radical (unpaired) electrons. The van der Waals surface area contributed by atoms with E-state index in [1.54, 1.807) is 12.4 Å². The van der Waals surface area contributed by atoms with Crippen LogP contribution in [0.4, 0.5) is 0 Å². The summed E-state index contributed by atoms with van der Waals surface area (Å²) in [6, 6.07) is 0.233. The van der Waals surface area contributed by atoms with Crippen molar-refractivity contribution in [3.05, 3.63) is 23.8 Å². The maximum absolute atomic E-state index is 5.18. The minimum atomic E-state index is 0.233. The molecule has 1 N–H and O–H groups in total. The molecular weight excluding hydrogens is 186 g/mol. The van der Waals surface area contributed by atoms with E-state index in [1.165, 1.54) is 0 Å². The lowest BCUT2D eigenvalue weighted by Crippen LogP contribution is -2.21. The fraction of sp³-hybridized carbons (Fsp3) is 0.500. The van der Waals surface area contributed by atoms with E-state index >= 15 is 0 Å². The van der Waals surface area contributed by atoms with Crippen LogP contribution in [0.15, 0.2) is 12.4 Å². The molecule has 1 atom stereocenters. The van der Waals surface area contributed by atoms with E-state index in [0.29, 0.717) is 0 Å². The highest BCUT2D eigenvalue weighted by Crippen LogP contribution is 2.11. The number of terminal acetylenes is 1. The Morgan fingerprint density at radius 3 is 2.87 bits per heavy atom. The molecule has 1 heterocycles. The average molecular weight is 203 g/mol. The molecule has 0 bridgehead atoms. The molecule has 0 saturated carbocycles. The number of nitrogens with zero attached hydrogens (tertiary/aromatic N) is 2. The lowest BCUT2D eigenvalue weighted by Gasteiger charge is -2.13. The van der Waals surface area contributed by atoms with Crippen molar-refractivity contribution in [2.45, 2.75) is 32.7 Å². The summed E-state index contributed by atoms with van der Waals surface area (Å²) < 4.78 is 0. The minimum absolute atomic E-state index is 0.233. The summed E-state index contributed by atoms with van der Waals surface area (Å²) >= 11 is 0. The molecule has 1 aromatic rings. The highest BCUT2D eigenvalue weighted by molar-refractivity contribution is 5.12. The Labute approximate surface area is 91.3 Å². The number of aromatic nitrogens is 2. The molecular formula is C12H17N3. The number of unbranched alkanes of at least 4 members (excludes halogenated alkanes) is 1. The van der Waals surface area contributed by atoms with Gasteiger partial charge in [-0.2, -0.15) is 0 Å². The first-order chi connectivity index (χ1) is 7.25. The van der Waals surface area contributed by atoms with Crippen LogP contribution >= 0.6 is 0 Å². The van der Waals surface area contributed by atoms with Gasteiger partial charge in [0.05, 0.1) is 11.4 Å². The number of hydrogen-bond acceptors (Lipinski definition) is 3. The number of rotatable bonds is 5. The van der Waals surface area contributed by atoms with Gasteiger partial charge < -0.3 is 5.32 Å². The summed E-state index contributed by atoms with van der Waals surface area (Å²) in [5.74, 6) is 2.62. The first-order valence-corrected chi connectivity index (χ1v) is 5.20. The van der Waals surface area contributed by atoms with Crippen LogP contribution in [0.1, 0.15) is 37.2 Å². The molecule has 3 heteroatoms. The van der Waals surface area contributed by atoms with Crippen molar-refractivity contribution < 1.29 is 0 Å². The fourth-order valence-corrected chi connectivity index (χ4v) is 1.45. The highest BCUT2D eigenvalue weighted by Gasteiger charge is 2.08. The van der Waals surface area contributed by atoms with Crippen molar-refractivity contribution in [1.82, 2.24) is 15.3 Å². The van der Waals surface area contributed by atoms with Gasteiger partial charge in [0, 0.05) is 24.9 Å². The Morgan fingerprint density at radius 1 is 1.47 bits per heavy atom. The van der Waals surface area contributed by atoms with Crippen LogP contribution < -0.4 is 5.32 Å². The third-order valence-corrected chi connectivity index (χ3v) is 2.28. The van der Waals surface area contributed by atoms with E-state index < -0.39 is 0 Å². The van der Waals surface area contributed by atoms with Gasteiger partial charge in [0.2, 0.25) is 0 Å². The molecule has 0 aromatic carbocycles. The second-order valence-electron chi connectivity index (χ2n) is 3.51. The predicted octanol–water partition coefficient (Wildman–Crippen LogP) is 1.85. The summed E-state index contributed by atoms with van der Waals surface area (Å²) in [6.45, 7) is 4.98. The Hall–Kier alpha value is -1.40. The quantitative estimate of drug-likeness (QED) is 0.586. The third kappa shape index (κ3) is 3.69. The second kappa shape index (κ2) is 6.15. The SMILES string of the molecule is C#CCCCNC(C)c1nccnc1C. The first-order valence-electron chi connectivity index (χ1n) is 5.20. The first kappa shape index (κ1) is 11.7. The van der Waals surface area contributed by atoms with Crippen molar-refractivity contribution in [3.8, 4) is 12.3 Å². The van der Waals surface area contributed by atoms with E-state index in [1.807, 2.05) is 6.92 Å². The maximum Gasteiger partial charge on any atom is 0.0782 e. The molecule has 1 aromatic heterocycles. The van der Waals surface area contributed by atoms with Crippen LogP contribution in [0, 0.1) is 19.3 Å². The summed E-state index contributed by atoms with van der Waals surface area (Å²) in [5.41, 5.74) is 1.99. The molecule has 0 saturated heterocycles. The van der Waals surface area contributed by atoms with E-state index in [-0.39, 0.29) is 6.04 Å². The second-order valence-corrected chi connectivity index (χ2v) is 3.51. The normalized spacial score (nSPS) is 12.1. The van der Waals surface area contributed by atoms with E-state index in [4.69, 9.17) is 6.42 Å². The van der Waals surface area contributed by atoms with Gasteiger partial charge >= 0.3 is 0 Å². The van der Waals surface area contributed by atoms with Crippen LogP contribution in [-0.2, 0) is 0 Å². The minimum Gasteiger partial charge on any atom is -0.309 e. The zero-order valence-electron chi connectivity index (χ0n) is 9.33. The van der Waals surface area contributed by atoms with Gasteiger partial charge in [-0.3, -0.25) is 9.97 Å². The molecule has 1 rings (SSSR count). The maximum atomic E-state index is 5.18. The van der Waals surface area contributed by atoms with Gasteiger partial charge in [-0.05, 0) is 26.8 Å². The molecule has 0 aliphatic rings. The van der Waals surface area contributed by atoms with Crippen LogP contribution in [0.5, 0.6) is 0 Å². The third-order valence-electron chi connectivity index (χ3n) is 2.28. The van der Waals surface area contributed by atoms with Crippen molar-refractivity contribution in [2.24, 2.45) is 0 Å². The average Bonchev–Trinajstić information content (AvgIpc) is 2.25. The molecule has 0 aliphatic carbocycles. The smallest absolute Gasteiger partial charge is 0.0782 e. The standard InChI is InChI=1S/C12H17N3/c1-4-5-6-7-13-10(2)12-11(3)14-8-9-15-12/h1,8-10,13H,5-7H2,2-3H3. The van der Waals surface area contributed by atoms with E-state index in [2.05, 4.69) is 28.1 Å². The Bertz CT molecular complexity index is 341. The van der Waals surface area contributed by atoms with Gasteiger partial charge in [-0.1, -0.05) is 0 Å². The number of hydrogen-bond donors (Lipinski definition) is 1. The highest BCUT2D eigenvalue weighted by atomic mass is 14.9. The van der Waals surface area contributed by atoms with Crippen molar-refractivity contribution in [3.63, 3.8) is 0 Å².